The molecule has 2 N–H and O–H groups in total. The second-order valence-corrected chi connectivity index (χ2v) is 3.16. The van der Waals surface area contributed by atoms with Gasteiger partial charge in [-0.1, -0.05) is 24.4 Å². The van der Waals surface area contributed by atoms with Crippen molar-refractivity contribution in [1.82, 2.24) is 0 Å². The predicted molar refractivity (Wildman–Crippen MR) is 45.4 cm³/mol. The van der Waals surface area contributed by atoms with E-state index >= 15 is 0 Å². The van der Waals surface area contributed by atoms with Gasteiger partial charge in [-0.25, -0.2) is 0 Å². The first kappa shape index (κ1) is 9.30. The van der Waals surface area contributed by atoms with Crippen LogP contribution in [-0.4, -0.2) is 5.91 Å². The predicted octanol–water partition coefficient (Wildman–Crippen LogP) is 1.64. The summed E-state index contributed by atoms with van der Waals surface area (Å²) in [5.74, 6) is -0.393. The Labute approximate surface area is 65.2 Å². The number of nitrogens with two attached hydrogens (primary N) is 1. The second-order valence-electron chi connectivity index (χ2n) is 1.82. The molecule has 0 aliphatic heterocycles. The summed E-state index contributed by atoms with van der Waals surface area (Å²) in [5, 5.41) is 0. The van der Waals surface area contributed by atoms with Gasteiger partial charge in [-0.2, -0.15) is 0 Å². The Morgan fingerprint density at radius 3 is 2.30 bits per heavy atom. The molecule has 0 unspecified atom stereocenters. The maximum Gasteiger partial charge on any atom is 0.255 e. The van der Waals surface area contributed by atoms with Crippen molar-refractivity contribution in [3.8, 4) is 0 Å². The lowest BCUT2D eigenvalue weighted by Gasteiger charge is -1.98. The number of hydrogen-bond donors (Lipinski definition) is 1. The Morgan fingerprint density at radius 2 is 2.20 bits per heavy atom. The molecule has 0 aromatic carbocycles. The molecular weight excluding hydrogens is 146 g/mol. The summed E-state index contributed by atoms with van der Waals surface area (Å²) in [5.41, 5.74) is 5.03. The fourth-order valence-corrected chi connectivity index (χ4v) is 1.03. The largest absolute Gasteiger partial charge is 0.365 e. The lowest BCUT2D eigenvalue weighted by atomic mass is 10.5. The van der Waals surface area contributed by atoms with Crippen LogP contribution in [0.2, 0.25) is 0 Å². The topological polar surface area (TPSA) is 43.1 Å². The van der Waals surface area contributed by atoms with Crippen molar-refractivity contribution >= 4 is 17.7 Å². The number of allylic oxidation sites excluding steroid dienone is 2. The highest BCUT2D eigenvalue weighted by Gasteiger charge is 2.02. The number of rotatable bonds is 3. The molecule has 0 bridgehead atoms. The van der Waals surface area contributed by atoms with Gasteiger partial charge in [0.25, 0.3) is 5.91 Å². The summed E-state index contributed by atoms with van der Waals surface area (Å²) in [6.45, 7) is 7.24. The third kappa shape index (κ3) is 3.35. The van der Waals surface area contributed by atoms with E-state index < -0.39 is 5.91 Å². The zero-order valence-corrected chi connectivity index (χ0v) is 6.99. The van der Waals surface area contributed by atoms with E-state index in [4.69, 9.17) is 5.73 Å². The van der Waals surface area contributed by atoms with Gasteiger partial charge in [-0.05, 0) is 18.8 Å². The van der Waals surface area contributed by atoms with Gasteiger partial charge in [0.05, 0.1) is 4.91 Å². The molecule has 2 nitrogen and oxygen atoms in total. The molecule has 0 spiro atoms. The van der Waals surface area contributed by atoms with Crippen molar-refractivity contribution in [2.75, 3.05) is 0 Å². The van der Waals surface area contributed by atoms with E-state index in [-0.39, 0.29) is 0 Å². The number of carbonyl (C=O) groups is 1. The zero-order valence-electron chi connectivity index (χ0n) is 6.18. The highest BCUT2D eigenvalue weighted by atomic mass is 32.2. The van der Waals surface area contributed by atoms with Gasteiger partial charge < -0.3 is 5.73 Å². The van der Waals surface area contributed by atoms with Crippen molar-refractivity contribution in [3.05, 3.63) is 22.5 Å². The first-order chi connectivity index (χ1) is 4.57. The van der Waals surface area contributed by atoms with Gasteiger partial charge in [-0.15, -0.1) is 0 Å². The highest BCUT2D eigenvalue weighted by molar-refractivity contribution is 8.07. The van der Waals surface area contributed by atoms with E-state index in [0.29, 0.717) is 4.91 Å². The number of carbonyl (C=O) groups excluding carboxylic acids is 1. The Kier molecular flexibility index (Phi) is 3.88. The standard InChI is InChI=1S/C7H11NOS/c1-4-6(7(8)9)10-5(2)3/h4H,2H2,1,3H3,(H2,8,9)/b6-4-. The average molecular weight is 157 g/mol. The summed E-state index contributed by atoms with van der Waals surface area (Å²) in [7, 11) is 0. The van der Waals surface area contributed by atoms with E-state index in [1.165, 1.54) is 11.8 Å². The molecule has 0 aliphatic rings. The summed E-state index contributed by atoms with van der Waals surface area (Å²) in [6.07, 6.45) is 1.68. The SMILES string of the molecule is C=C(C)S/C(=C\C)C(N)=O. The monoisotopic (exact) mass is 157 g/mol. The lowest BCUT2D eigenvalue weighted by Crippen LogP contribution is -2.11. The first-order valence-corrected chi connectivity index (χ1v) is 3.69. The average Bonchev–Trinajstić information content (AvgIpc) is 1.81. The van der Waals surface area contributed by atoms with Crippen LogP contribution in [0, 0.1) is 0 Å². The normalized spacial score (nSPS) is 11.2. The first-order valence-electron chi connectivity index (χ1n) is 2.87. The number of thioether (sulfide) groups is 1. The molecule has 1 amide bonds. The van der Waals surface area contributed by atoms with Crippen LogP contribution in [-0.2, 0) is 4.79 Å². The smallest absolute Gasteiger partial charge is 0.255 e. The van der Waals surface area contributed by atoms with Crippen LogP contribution < -0.4 is 5.73 Å². The van der Waals surface area contributed by atoms with E-state index in [1.807, 2.05) is 6.92 Å². The van der Waals surface area contributed by atoms with Gasteiger partial charge in [0, 0.05) is 0 Å². The van der Waals surface area contributed by atoms with Crippen molar-refractivity contribution in [2.24, 2.45) is 5.73 Å². The summed E-state index contributed by atoms with van der Waals surface area (Å²) < 4.78 is 0. The van der Waals surface area contributed by atoms with Gasteiger partial charge in [0.2, 0.25) is 0 Å². The summed E-state index contributed by atoms with van der Waals surface area (Å²) >= 11 is 1.30. The van der Waals surface area contributed by atoms with Crippen LogP contribution in [0.1, 0.15) is 13.8 Å². The maximum atomic E-state index is 10.6. The van der Waals surface area contributed by atoms with Crippen molar-refractivity contribution < 1.29 is 4.79 Å². The van der Waals surface area contributed by atoms with Crippen LogP contribution in [0.4, 0.5) is 0 Å². The Bertz CT molecular complexity index is 184. The minimum atomic E-state index is -0.393. The fraction of sp³-hybridized carbons (Fsp3) is 0.286. The molecule has 0 aliphatic carbocycles. The van der Waals surface area contributed by atoms with E-state index in [0.717, 1.165) is 4.91 Å². The number of hydrogen-bond acceptors (Lipinski definition) is 2. The molecule has 0 saturated heterocycles. The second kappa shape index (κ2) is 4.17. The molecule has 0 rings (SSSR count). The summed E-state index contributed by atoms with van der Waals surface area (Å²) in [6, 6.07) is 0. The number of primary amides is 1. The molecule has 0 heterocycles. The van der Waals surface area contributed by atoms with Gasteiger partial charge in [0.15, 0.2) is 0 Å². The minimum Gasteiger partial charge on any atom is -0.365 e. The molecule has 0 saturated carbocycles. The molecule has 56 valence electrons. The van der Waals surface area contributed by atoms with Gasteiger partial charge in [-0.3, -0.25) is 4.79 Å². The molecular formula is C7H11NOS. The zero-order chi connectivity index (χ0) is 8.15. The quantitative estimate of drug-likeness (QED) is 0.633. The molecule has 0 aromatic rings. The third-order valence-electron chi connectivity index (χ3n) is 0.789. The van der Waals surface area contributed by atoms with Crippen LogP contribution >= 0.6 is 11.8 Å². The van der Waals surface area contributed by atoms with Crippen molar-refractivity contribution in [1.29, 1.82) is 0 Å². The Hall–Kier alpha value is -0.700. The number of amides is 1. The van der Waals surface area contributed by atoms with Gasteiger partial charge >= 0.3 is 0 Å². The summed E-state index contributed by atoms with van der Waals surface area (Å²) in [4.78, 5) is 12.0. The van der Waals surface area contributed by atoms with E-state index in [9.17, 15) is 4.79 Å². The minimum absolute atomic E-state index is 0.393. The van der Waals surface area contributed by atoms with Crippen molar-refractivity contribution in [2.45, 2.75) is 13.8 Å². The Balaban J connectivity index is 4.12. The van der Waals surface area contributed by atoms with Gasteiger partial charge in [0.1, 0.15) is 0 Å². The van der Waals surface area contributed by atoms with E-state index in [2.05, 4.69) is 6.58 Å². The molecule has 0 atom stereocenters. The van der Waals surface area contributed by atoms with Crippen LogP contribution in [0.5, 0.6) is 0 Å². The lowest BCUT2D eigenvalue weighted by molar-refractivity contribution is -0.113. The van der Waals surface area contributed by atoms with Crippen LogP contribution in [0.15, 0.2) is 22.5 Å². The fourth-order valence-electron chi connectivity index (χ4n) is 0.439. The third-order valence-corrected chi connectivity index (χ3v) is 1.79. The molecule has 0 aromatic heterocycles. The molecule has 10 heavy (non-hydrogen) atoms. The van der Waals surface area contributed by atoms with Crippen LogP contribution in [0.3, 0.4) is 0 Å². The maximum absolute atomic E-state index is 10.6. The Morgan fingerprint density at radius 1 is 1.70 bits per heavy atom. The molecule has 3 heteroatoms. The molecule has 0 radical (unpaired) electrons. The highest BCUT2D eigenvalue weighted by Crippen LogP contribution is 2.22. The molecule has 0 fully saturated rings. The van der Waals surface area contributed by atoms with Crippen LogP contribution in [0.25, 0.3) is 0 Å². The van der Waals surface area contributed by atoms with E-state index in [1.54, 1.807) is 13.0 Å². The van der Waals surface area contributed by atoms with Crippen molar-refractivity contribution in [3.63, 3.8) is 0 Å².